The van der Waals surface area contributed by atoms with Crippen LogP contribution in [0, 0.1) is 6.92 Å². The summed E-state index contributed by atoms with van der Waals surface area (Å²) in [4.78, 5) is 3.72. The van der Waals surface area contributed by atoms with Gasteiger partial charge in [0.05, 0.1) is 0 Å². The van der Waals surface area contributed by atoms with Gasteiger partial charge in [0.1, 0.15) is 4.90 Å². The predicted octanol–water partition coefficient (Wildman–Crippen LogP) is 1.31. The second-order valence-electron chi connectivity index (χ2n) is 4.70. The summed E-state index contributed by atoms with van der Waals surface area (Å²) in [6, 6.07) is 0.324. The van der Waals surface area contributed by atoms with Gasteiger partial charge in [-0.15, -0.1) is 16.2 Å². The molecular weight excluding hydrogens is 270 g/mol. The van der Waals surface area contributed by atoms with Gasteiger partial charge in [-0.25, -0.2) is 13.4 Å². The van der Waals surface area contributed by atoms with E-state index in [0.29, 0.717) is 17.5 Å². The van der Waals surface area contributed by atoms with Gasteiger partial charge in [0, 0.05) is 31.6 Å². The van der Waals surface area contributed by atoms with E-state index in [9.17, 15) is 8.42 Å². The molecule has 0 atom stereocenters. The van der Waals surface area contributed by atoms with Crippen LogP contribution in [0.2, 0.25) is 0 Å². The minimum Gasteiger partial charge on any atom is -0.310 e. The lowest BCUT2D eigenvalue weighted by atomic mass is 10.3. The molecule has 0 saturated heterocycles. The molecule has 1 aromatic rings. The first-order valence-corrected chi connectivity index (χ1v) is 8.10. The molecule has 2 N–H and O–H groups in total. The van der Waals surface area contributed by atoms with Crippen LogP contribution >= 0.6 is 11.3 Å². The Hall–Kier alpha value is -0.470. The van der Waals surface area contributed by atoms with Gasteiger partial charge in [-0.2, -0.15) is 0 Å². The second kappa shape index (κ2) is 6.12. The molecule has 7 heteroatoms. The van der Waals surface area contributed by atoms with E-state index in [1.54, 1.807) is 14.1 Å². The number of hydrogen-bond acceptors (Lipinski definition) is 5. The molecule has 1 heterocycles. The van der Waals surface area contributed by atoms with Gasteiger partial charge >= 0.3 is 0 Å². The van der Waals surface area contributed by atoms with Crippen LogP contribution in [0.1, 0.15) is 24.3 Å². The molecule has 0 aliphatic carbocycles. The zero-order valence-electron chi connectivity index (χ0n) is 11.4. The Balaban J connectivity index is 3.04. The number of sulfonamides is 1. The van der Waals surface area contributed by atoms with Gasteiger partial charge in [0.15, 0.2) is 0 Å². The van der Waals surface area contributed by atoms with Crippen LogP contribution in [0.4, 0.5) is 0 Å². The second-order valence-corrected chi connectivity index (χ2v) is 7.26. The van der Waals surface area contributed by atoms with E-state index in [1.807, 2.05) is 26.2 Å². The van der Waals surface area contributed by atoms with Gasteiger partial charge in [-0.1, -0.05) is 13.8 Å². The average molecular weight is 291 g/mol. The SMILES string of the molecule is Cc1csc(CNC(C)C)c1S(=O)(=O)NN(C)C. The summed E-state index contributed by atoms with van der Waals surface area (Å²) in [5.74, 6) is 0. The summed E-state index contributed by atoms with van der Waals surface area (Å²) >= 11 is 1.47. The van der Waals surface area contributed by atoms with E-state index in [4.69, 9.17) is 0 Å². The highest BCUT2D eigenvalue weighted by atomic mass is 32.2. The molecule has 5 nitrogen and oxygen atoms in total. The summed E-state index contributed by atoms with van der Waals surface area (Å²) in [5.41, 5.74) is 0.787. The van der Waals surface area contributed by atoms with Crippen LogP contribution in [-0.2, 0) is 16.6 Å². The van der Waals surface area contributed by atoms with Crippen molar-refractivity contribution in [2.24, 2.45) is 0 Å². The number of hydrazine groups is 1. The summed E-state index contributed by atoms with van der Waals surface area (Å²) in [5, 5.41) is 6.56. The van der Waals surface area contributed by atoms with E-state index < -0.39 is 10.0 Å². The number of thiophene rings is 1. The van der Waals surface area contributed by atoms with Gasteiger partial charge in [0.2, 0.25) is 0 Å². The van der Waals surface area contributed by atoms with Crippen molar-refractivity contribution in [1.82, 2.24) is 15.2 Å². The van der Waals surface area contributed by atoms with Crippen molar-refractivity contribution in [3.8, 4) is 0 Å². The van der Waals surface area contributed by atoms with Crippen LogP contribution in [0.15, 0.2) is 10.3 Å². The molecule has 0 amide bonds. The van der Waals surface area contributed by atoms with Crippen molar-refractivity contribution < 1.29 is 8.42 Å². The lowest BCUT2D eigenvalue weighted by Gasteiger charge is -2.14. The fraction of sp³-hybridized carbons (Fsp3) is 0.636. The fourth-order valence-corrected chi connectivity index (χ4v) is 4.40. The quantitative estimate of drug-likeness (QED) is 0.776. The Morgan fingerprint density at radius 3 is 2.50 bits per heavy atom. The first-order valence-electron chi connectivity index (χ1n) is 5.74. The highest BCUT2D eigenvalue weighted by molar-refractivity contribution is 7.89. The molecule has 0 aliphatic heterocycles. The maximum Gasteiger partial charge on any atom is 0.254 e. The molecule has 0 fully saturated rings. The van der Waals surface area contributed by atoms with Crippen LogP contribution < -0.4 is 10.1 Å². The molecule has 18 heavy (non-hydrogen) atoms. The van der Waals surface area contributed by atoms with Crippen LogP contribution in [-0.4, -0.2) is 33.6 Å². The third-order valence-corrected chi connectivity index (χ3v) is 5.18. The molecule has 0 bridgehead atoms. The maximum atomic E-state index is 12.2. The first-order chi connectivity index (χ1) is 8.24. The summed E-state index contributed by atoms with van der Waals surface area (Å²) in [6.07, 6.45) is 0. The summed E-state index contributed by atoms with van der Waals surface area (Å²) in [7, 11) is -0.163. The molecule has 104 valence electrons. The van der Waals surface area contributed by atoms with E-state index in [2.05, 4.69) is 10.1 Å². The molecular formula is C11H21N3O2S2. The number of hydrogen-bond donors (Lipinski definition) is 2. The first kappa shape index (κ1) is 15.6. The minimum atomic E-state index is -3.48. The Labute approximate surface area is 113 Å². The Morgan fingerprint density at radius 1 is 1.39 bits per heavy atom. The van der Waals surface area contributed by atoms with Crippen molar-refractivity contribution >= 4 is 21.4 Å². The number of nitrogens with zero attached hydrogens (tertiary/aromatic N) is 1. The topological polar surface area (TPSA) is 61.4 Å². The molecule has 0 saturated carbocycles. The van der Waals surface area contributed by atoms with E-state index in [1.165, 1.54) is 16.3 Å². The molecule has 1 rings (SSSR count). The maximum absolute atomic E-state index is 12.2. The van der Waals surface area contributed by atoms with E-state index >= 15 is 0 Å². The lowest BCUT2D eigenvalue weighted by molar-refractivity contribution is 0.363. The monoisotopic (exact) mass is 291 g/mol. The van der Waals surface area contributed by atoms with Gasteiger partial charge < -0.3 is 5.32 Å². The van der Waals surface area contributed by atoms with Crippen molar-refractivity contribution in [1.29, 1.82) is 0 Å². The van der Waals surface area contributed by atoms with Crippen LogP contribution in [0.3, 0.4) is 0 Å². The van der Waals surface area contributed by atoms with E-state index in [0.717, 1.165) is 10.4 Å². The van der Waals surface area contributed by atoms with Crippen LogP contribution in [0.5, 0.6) is 0 Å². The lowest BCUT2D eigenvalue weighted by Crippen LogP contribution is -2.36. The smallest absolute Gasteiger partial charge is 0.254 e. The molecule has 0 aromatic carbocycles. The molecule has 0 aliphatic rings. The number of rotatable bonds is 6. The molecule has 0 unspecified atom stereocenters. The Kier molecular flexibility index (Phi) is 5.30. The van der Waals surface area contributed by atoms with E-state index in [-0.39, 0.29) is 0 Å². The zero-order valence-corrected chi connectivity index (χ0v) is 13.1. The van der Waals surface area contributed by atoms with Gasteiger partial charge in [-0.05, 0) is 17.9 Å². The van der Waals surface area contributed by atoms with Crippen molar-refractivity contribution in [3.05, 3.63) is 15.8 Å². The standard InChI is InChI=1S/C11H21N3O2S2/c1-8(2)12-6-10-11(9(3)7-17-10)18(15,16)13-14(4)5/h7-8,12-13H,6H2,1-5H3. The van der Waals surface area contributed by atoms with Crippen molar-refractivity contribution in [2.75, 3.05) is 14.1 Å². The van der Waals surface area contributed by atoms with Gasteiger partial charge in [0.25, 0.3) is 10.0 Å². The van der Waals surface area contributed by atoms with Crippen molar-refractivity contribution in [2.45, 2.75) is 38.3 Å². The highest BCUT2D eigenvalue weighted by Gasteiger charge is 2.23. The number of nitrogens with one attached hydrogen (secondary N) is 2. The average Bonchev–Trinajstić information content (AvgIpc) is 2.55. The largest absolute Gasteiger partial charge is 0.310 e. The zero-order chi connectivity index (χ0) is 13.9. The Bertz CT molecular complexity index is 492. The predicted molar refractivity (Wildman–Crippen MR) is 75.0 cm³/mol. The van der Waals surface area contributed by atoms with Crippen molar-refractivity contribution in [3.63, 3.8) is 0 Å². The molecule has 0 spiro atoms. The summed E-state index contributed by atoms with van der Waals surface area (Å²) < 4.78 is 24.4. The normalized spacial score (nSPS) is 12.6. The highest BCUT2D eigenvalue weighted by Crippen LogP contribution is 2.26. The van der Waals surface area contributed by atoms with Gasteiger partial charge in [-0.3, -0.25) is 0 Å². The van der Waals surface area contributed by atoms with Crippen LogP contribution in [0.25, 0.3) is 0 Å². The third kappa shape index (κ3) is 4.03. The minimum absolute atomic E-state index is 0.324. The molecule has 0 radical (unpaired) electrons. The summed E-state index contributed by atoms with van der Waals surface area (Å²) in [6.45, 7) is 6.46. The molecule has 1 aromatic heterocycles. The Morgan fingerprint density at radius 2 is 2.00 bits per heavy atom. The fourth-order valence-electron chi connectivity index (χ4n) is 1.55. The number of aryl methyl sites for hydroxylation is 1. The third-order valence-electron chi connectivity index (χ3n) is 2.23.